The first-order valence-corrected chi connectivity index (χ1v) is 14.7. The molecule has 0 aliphatic rings. The van der Waals surface area contributed by atoms with E-state index in [9.17, 15) is 17.8 Å². The lowest BCUT2D eigenvalue weighted by atomic mass is 10.2. The highest BCUT2D eigenvalue weighted by Crippen LogP contribution is 2.48. The number of carbonyl (C=O) groups is 1. The molecule has 196 valence electrons. The number of rotatable bonds is 8. The molecule has 0 spiro atoms. The Morgan fingerprint density at radius 3 is 1.74 bits per heavy atom. The molecule has 0 heterocycles. The van der Waals surface area contributed by atoms with Gasteiger partial charge in [0.25, 0.3) is 10.0 Å². The van der Waals surface area contributed by atoms with Gasteiger partial charge in [-0.05, 0) is 92.6 Å². The Bertz CT molecular complexity index is 1550. The average Bonchev–Trinajstić information content (AvgIpc) is 2.84. The van der Waals surface area contributed by atoms with Gasteiger partial charge in [0.2, 0.25) is 0 Å². The fraction of sp³-hybridized carbons (Fsp3) is 0.107. The van der Waals surface area contributed by atoms with Crippen LogP contribution in [0.4, 0.5) is 10.5 Å². The number of hydrogen-bond acceptors (Lipinski definition) is 6. The highest BCUT2D eigenvalue weighted by atomic mass is 32.2. The van der Waals surface area contributed by atoms with Crippen molar-refractivity contribution in [3.05, 3.63) is 114 Å². The van der Waals surface area contributed by atoms with Gasteiger partial charge in [0.05, 0.1) is 10.2 Å². The van der Waals surface area contributed by atoms with Crippen LogP contribution in [0.1, 0.15) is 16.7 Å². The van der Waals surface area contributed by atoms with Gasteiger partial charge in [-0.2, -0.15) is 0 Å². The number of urea groups is 1. The van der Waals surface area contributed by atoms with E-state index in [1.54, 1.807) is 48.5 Å². The van der Waals surface area contributed by atoms with Gasteiger partial charge in [-0.25, -0.2) is 22.5 Å². The molecular formula is C28H27N2O6PS. The normalized spacial score (nSPS) is 11.4. The van der Waals surface area contributed by atoms with Crippen molar-refractivity contribution in [3.63, 3.8) is 0 Å². The van der Waals surface area contributed by atoms with Crippen LogP contribution in [0.15, 0.2) is 102 Å². The number of nitrogens with one attached hydrogen (secondary N) is 2. The molecule has 2 N–H and O–H groups in total. The fourth-order valence-corrected chi connectivity index (χ4v) is 5.98. The van der Waals surface area contributed by atoms with Gasteiger partial charge in [-0.15, -0.1) is 0 Å². The monoisotopic (exact) mass is 550 g/mol. The predicted octanol–water partition coefficient (Wildman–Crippen LogP) is 6.10. The number of carbonyl (C=O) groups excluding carboxylic acids is 1. The van der Waals surface area contributed by atoms with E-state index < -0.39 is 23.7 Å². The van der Waals surface area contributed by atoms with Gasteiger partial charge in [-0.3, -0.25) is 0 Å². The van der Waals surface area contributed by atoms with Crippen molar-refractivity contribution in [2.45, 2.75) is 25.7 Å². The molecule has 0 bridgehead atoms. The zero-order chi connectivity index (χ0) is 27.3. The summed E-state index contributed by atoms with van der Waals surface area (Å²) in [6, 6.07) is 25.4. The van der Waals surface area contributed by atoms with E-state index in [0.29, 0.717) is 11.5 Å². The van der Waals surface area contributed by atoms with Gasteiger partial charge in [0, 0.05) is 5.69 Å². The molecule has 10 heteroatoms. The number of aryl methyl sites for hydroxylation is 3. The summed E-state index contributed by atoms with van der Waals surface area (Å²) < 4.78 is 52.8. The molecule has 0 aliphatic carbocycles. The smallest absolute Gasteiger partial charge is 0.413 e. The van der Waals surface area contributed by atoms with Crippen LogP contribution in [0.5, 0.6) is 11.5 Å². The fourth-order valence-electron chi connectivity index (χ4n) is 3.53. The summed E-state index contributed by atoms with van der Waals surface area (Å²) in [7, 11) is -7.96. The Hall–Kier alpha value is -4.07. The third-order valence-corrected chi connectivity index (χ3v) is 8.61. The molecule has 0 saturated carbocycles. The van der Waals surface area contributed by atoms with Gasteiger partial charge >= 0.3 is 13.6 Å². The standard InChI is InChI=1S/C28H27N2O6PS/c1-20-10-16-27(17-11-20)38(33,34)30-28(31)29-23-12-14-26(15-13-23)37(32,35-24-8-4-6-21(2)18-24)36-25-9-5-7-22(3)19-25/h4-19H,1-3H3,(H2,29,30,31). The molecule has 8 nitrogen and oxygen atoms in total. The minimum Gasteiger partial charge on any atom is -0.413 e. The molecular weight excluding hydrogens is 523 g/mol. The Morgan fingerprint density at radius 2 is 1.24 bits per heavy atom. The SMILES string of the molecule is Cc1ccc(S(=O)(=O)NC(=O)Nc2ccc(P(=O)(Oc3cccc(C)c3)Oc3cccc(C)c3)cc2)cc1. The zero-order valence-electron chi connectivity index (χ0n) is 21.0. The van der Waals surface area contributed by atoms with E-state index >= 15 is 0 Å². The summed E-state index contributed by atoms with van der Waals surface area (Å²) in [6.45, 7) is 5.62. The molecule has 0 unspecified atom stereocenters. The molecule has 0 radical (unpaired) electrons. The van der Waals surface area contributed by atoms with Crippen LogP contribution in [0.2, 0.25) is 0 Å². The largest absolute Gasteiger partial charge is 0.462 e. The maximum atomic E-state index is 14.1. The Balaban J connectivity index is 1.54. The van der Waals surface area contributed by atoms with Crippen molar-refractivity contribution in [1.29, 1.82) is 0 Å². The van der Waals surface area contributed by atoms with Gasteiger partial charge in [0.1, 0.15) is 11.5 Å². The van der Waals surface area contributed by atoms with Crippen LogP contribution < -0.4 is 24.4 Å². The Morgan fingerprint density at radius 1 is 0.711 bits per heavy atom. The van der Waals surface area contributed by atoms with Crippen LogP contribution in [-0.2, 0) is 14.6 Å². The number of amides is 2. The summed E-state index contributed by atoms with van der Waals surface area (Å²) in [5.74, 6) is 0.757. The van der Waals surface area contributed by atoms with E-state index in [1.807, 2.05) is 37.6 Å². The molecule has 0 aliphatic heterocycles. The Labute approximate surface area is 222 Å². The predicted molar refractivity (Wildman–Crippen MR) is 148 cm³/mol. The first-order chi connectivity index (χ1) is 18.0. The van der Waals surface area contributed by atoms with Gasteiger partial charge < -0.3 is 14.4 Å². The van der Waals surface area contributed by atoms with E-state index in [2.05, 4.69) is 5.32 Å². The second kappa shape index (κ2) is 11.1. The maximum absolute atomic E-state index is 14.1. The first-order valence-electron chi connectivity index (χ1n) is 11.7. The highest BCUT2D eigenvalue weighted by Gasteiger charge is 2.31. The minimum atomic E-state index is -4.05. The van der Waals surface area contributed by atoms with Crippen molar-refractivity contribution < 1.29 is 26.8 Å². The second-order valence-electron chi connectivity index (χ2n) is 8.73. The summed E-state index contributed by atoms with van der Waals surface area (Å²) in [5, 5.41) is 2.72. The van der Waals surface area contributed by atoms with Crippen molar-refractivity contribution >= 4 is 34.6 Å². The first kappa shape index (κ1) is 27.0. The van der Waals surface area contributed by atoms with E-state index in [0.717, 1.165) is 16.7 Å². The molecule has 0 atom stereocenters. The third kappa shape index (κ3) is 6.82. The van der Waals surface area contributed by atoms with Crippen LogP contribution in [0, 0.1) is 20.8 Å². The van der Waals surface area contributed by atoms with E-state index in [-0.39, 0.29) is 15.9 Å². The van der Waals surface area contributed by atoms with Crippen molar-refractivity contribution in [2.24, 2.45) is 0 Å². The molecule has 4 aromatic rings. The number of anilines is 1. The quantitative estimate of drug-likeness (QED) is 0.257. The van der Waals surface area contributed by atoms with Crippen LogP contribution >= 0.6 is 7.60 Å². The molecule has 4 aromatic carbocycles. The van der Waals surface area contributed by atoms with E-state index in [1.165, 1.54) is 36.4 Å². The number of benzene rings is 4. The van der Waals surface area contributed by atoms with Gasteiger partial charge in [-0.1, -0.05) is 42.0 Å². The number of hydrogen-bond donors (Lipinski definition) is 2. The topological polar surface area (TPSA) is 111 Å². The molecule has 0 saturated heterocycles. The summed E-state index contributed by atoms with van der Waals surface area (Å²) in [4.78, 5) is 12.4. The van der Waals surface area contributed by atoms with Crippen molar-refractivity contribution in [1.82, 2.24) is 4.72 Å². The van der Waals surface area contributed by atoms with Crippen LogP contribution in [0.3, 0.4) is 0 Å². The minimum absolute atomic E-state index is 0.0314. The highest BCUT2D eigenvalue weighted by molar-refractivity contribution is 7.90. The summed E-state index contributed by atoms with van der Waals surface area (Å²) >= 11 is 0. The summed E-state index contributed by atoms with van der Waals surface area (Å²) in [6.07, 6.45) is 0. The molecule has 4 rings (SSSR count). The molecule has 2 amide bonds. The molecule has 0 aromatic heterocycles. The lowest BCUT2D eigenvalue weighted by Crippen LogP contribution is -2.34. The van der Waals surface area contributed by atoms with Crippen molar-refractivity contribution in [2.75, 3.05) is 5.32 Å². The molecule has 0 fully saturated rings. The van der Waals surface area contributed by atoms with Crippen LogP contribution in [0.25, 0.3) is 0 Å². The lowest BCUT2D eigenvalue weighted by molar-refractivity contribution is 0.256. The van der Waals surface area contributed by atoms with Crippen molar-refractivity contribution in [3.8, 4) is 11.5 Å². The van der Waals surface area contributed by atoms with Gasteiger partial charge in [0.15, 0.2) is 0 Å². The van der Waals surface area contributed by atoms with E-state index in [4.69, 9.17) is 9.05 Å². The molecule has 38 heavy (non-hydrogen) atoms. The maximum Gasteiger partial charge on any atom is 0.462 e. The summed E-state index contributed by atoms with van der Waals surface area (Å²) in [5.41, 5.74) is 3.03. The zero-order valence-corrected chi connectivity index (χ0v) is 22.8. The Kier molecular flexibility index (Phi) is 7.90. The average molecular weight is 551 g/mol. The lowest BCUT2D eigenvalue weighted by Gasteiger charge is -2.21. The third-order valence-electron chi connectivity index (χ3n) is 5.43. The van der Waals surface area contributed by atoms with Crippen LogP contribution in [-0.4, -0.2) is 14.4 Å². The number of sulfonamides is 1. The second-order valence-corrected chi connectivity index (χ2v) is 12.3.